The third kappa shape index (κ3) is 2.82. The highest BCUT2D eigenvalue weighted by atomic mass is 35.5. The van der Waals surface area contributed by atoms with Gasteiger partial charge in [-0.25, -0.2) is 14.6 Å². The number of halogens is 1. The molecule has 8 nitrogen and oxygen atoms in total. The average molecular weight is 361 g/mol. The molecule has 0 aliphatic carbocycles. The van der Waals surface area contributed by atoms with Crippen LogP contribution in [-0.2, 0) is 15.4 Å². The molecule has 2 atom stereocenters. The zero-order valence-corrected chi connectivity index (χ0v) is 14.4. The summed E-state index contributed by atoms with van der Waals surface area (Å²) in [6, 6.07) is 5.54. The molecule has 25 heavy (non-hydrogen) atoms. The van der Waals surface area contributed by atoms with Crippen LogP contribution in [0.5, 0.6) is 0 Å². The Balaban J connectivity index is 1.76. The fourth-order valence-electron chi connectivity index (χ4n) is 2.95. The van der Waals surface area contributed by atoms with Crippen LogP contribution in [0.3, 0.4) is 0 Å². The first-order valence-corrected chi connectivity index (χ1v) is 8.42. The van der Waals surface area contributed by atoms with E-state index in [0.29, 0.717) is 17.2 Å². The van der Waals surface area contributed by atoms with Crippen molar-refractivity contribution in [3.63, 3.8) is 0 Å². The summed E-state index contributed by atoms with van der Waals surface area (Å²) < 4.78 is 15.5. The molecule has 0 spiro atoms. The summed E-state index contributed by atoms with van der Waals surface area (Å²) in [5, 5.41) is 8.83. The van der Waals surface area contributed by atoms with Crippen molar-refractivity contribution in [2.24, 2.45) is 0 Å². The topological polar surface area (TPSA) is 79.9 Å². The van der Waals surface area contributed by atoms with Crippen LogP contribution < -0.4 is 0 Å². The van der Waals surface area contributed by atoms with Crippen molar-refractivity contribution in [1.29, 1.82) is 0 Å². The predicted octanol–water partition coefficient (Wildman–Crippen LogP) is 2.39. The summed E-state index contributed by atoms with van der Waals surface area (Å²) >= 11 is 6.57. The fourth-order valence-corrected chi connectivity index (χ4v) is 3.25. The van der Waals surface area contributed by atoms with E-state index in [1.54, 1.807) is 28.1 Å². The maximum atomic E-state index is 6.57. The second-order valence-corrected chi connectivity index (χ2v) is 6.17. The first-order valence-electron chi connectivity index (χ1n) is 8.05. The molecule has 130 valence electrons. The zero-order chi connectivity index (χ0) is 17.3. The van der Waals surface area contributed by atoms with Gasteiger partial charge in [0, 0.05) is 0 Å². The van der Waals surface area contributed by atoms with Crippen molar-refractivity contribution < 1.29 is 9.47 Å². The Bertz CT molecular complexity index is 838. The molecular weight excluding hydrogens is 344 g/mol. The lowest BCUT2D eigenvalue weighted by atomic mass is 10.1. The summed E-state index contributed by atoms with van der Waals surface area (Å²) in [6.45, 7) is 2.58. The molecule has 3 heterocycles. The first-order chi connectivity index (χ1) is 12.2. The molecule has 0 unspecified atom stereocenters. The molecule has 4 rings (SSSR count). The Morgan fingerprint density at radius 2 is 2.08 bits per heavy atom. The monoisotopic (exact) mass is 360 g/mol. The lowest BCUT2D eigenvalue weighted by Gasteiger charge is -2.29. The van der Waals surface area contributed by atoms with E-state index in [9.17, 15) is 0 Å². The van der Waals surface area contributed by atoms with Gasteiger partial charge in [0.05, 0.1) is 29.0 Å². The van der Waals surface area contributed by atoms with Crippen molar-refractivity contribution in [2.75, 3.05) is 6.61 Å². The normalized spacial score (nSPS) is 23.2. The average Bonchev–Trinajstić information content (AvgIpc) is 3.37. The zero-order valence-electron chi connectivity index (χ0n) is 13.6. The lowest BCUT2D eigenvalue weighted by Crippen LogP contribution is -2.37. The standard InChI is InChI=1S/C16H17ClN6O2/c1-2-3-13-7-24-16(25-13,23-11-19-9-21-23)14-5-4-12(6-15(14)17)22-10-18-8-20-22/h4-6,8-11,13H,2-3,7H2,1H3/t13-,16-/m1/s1. The van der Waals surface area contributed by atoms with Crippen molar-refractivity contribution >= 4 is 11.6 Å². The number of nitrogens with zero attached hydrogens (tertiary/aromatic N) is 6. The summed E-state index contributed by atoms with van der Waals surface area (Å²) in [5.41, 5.74) is 1.46. The number of benzene rings is 1. The molecule has 0 N–H and O–H groups in total. The maximum absolute atomic E-state index is 6.57. The molecule has 2 aromatic heterocycles. The second-order valence-electron chi connectivity index (χ2n) is 5.77. The van der Waals surface area contributed by atoms with Crippen LogP contribution in [0, 0.1) is 0 Å². The van der Waals surface area contributed by atoms with Crippen molar-refractivity contribution in [2.45, 2.75) is 31.8 Å². The highest BCUT2D eigenvalue weighted by Crippen LogP contribution is 2.40. The van der Waals surface area contributed by atoms with E-state index in [4.69, 9.17) is 21.1 Å². The molecule has 1 fully saturated rings. The molecule has 1 aliphatic heterocycles. The largest absolute Gasteiger partial charge is 0.325 e. The Kier molecular flexibility index (Phi) is 4.24. The minimum atomic E-state index is -1.21. The lowest BCUT2D eigenvalue weighted by molar-refractivity contribution is -0.206. The van der Waals surface area contributed by atoms with Crippen LogP contribution in [0.1, 0.15) is 25.3 Å². The molecular formula is C16H17ClN6O2. The first kappa shape index (κ1) is 16.2. The van der Waals surface area contributed by atoms with Gasteiger partial charge in [-0.3, -0.25) is 0 Å². The molecule has 0 bridgehead atoms. The van der Waals surface area contributed by atoms with E-state index in [1.165, 1.54) is 12.7 Å². The summed E-state index contributed by atoms with van der Waals surface area (Å²) in [6.07, 6.45) is 7.96. The predicted molar refractivity (Wildman–Crippen MR) is 89.2 cm³/mol. The van der Waals surface area contributed by atoms with Gasteiger partial charge in [0.25, 0.3) is 0 Å². The Hall–Kier alpha value is -2.29. The van der Waals surface area contributed by atoms with Crippen molar-refractivity contribution in [3.8, 4) is 5.69 Å². The summed E-state index contributed by atoms with van der Waals surface area (Å²) in [5.74, 6) is -1.21. The van der Waals surface area contributed by atoms with Crippen LogP contribution in [-0.4, -0.2) is 42.2 Å². The molecule has 0 saturated carbocycles. The Labute approximate surface area is 149 Å². The number of ether oxygens (including phenoxy) is 2. The van der Waals surface area contributed by atoms with E-state index < -0.39 is 5.91 Å². The molecule has 1 aromatic carbocycles. The molecule has 3 aromatic rings. The highest BCUT2D eigenvalue weighted by Gasteiger charge is 2.47. The smallest absolute Gasteiger partial charge is 0.302 e. The van der Waals surface area contributed by atoms with Crippen LogP contribution >= 0.6 is 11.6 Å². The quantitative estimate of drug-likeness (QED) is 0.695. The second kappa shape index (κ2) is 6.55. The molecule has 1 aliphatic rings. The van der Waals surface area contributed by atoms with Gasteiger partial charge in [-0.05, 0) is 24.6 Å². The van der Waals surface area contributed by atoms with E-state index >= 15 is 0 Å². The van der Waals surface area contributed by atoms with Gasteiger partial charge in [0.1, 0.15) is 25.3 Å². The number of aromatic nitrogens is 6. The van der Waals surface area contributed by atoms with Gasteiger partial charge in [0.15, 0.2) is 0 Å². The van der Waals surface area contributed by atoms with E-state index in [2.05, 4.69) is 27.1 Å². The van der Waals surface area contributed by atoms with Gasteiger partial charge in [-0.15, -0.1) is 0 Å². The minimum absolute atomic E-state index is 0.0275. The van der Waals surface area contributed by atoms with Gasteiger partial charge >= 0.3 is 5.91 Å². The summed E-state index contributed by atoms with van der Waals surface area (Å²) in [7, 11) is 0. The van der Waals surface area contributed by atoms with Crippen LogP contribution in [0.4, 0.5) is 0 Å². The number of rotatable bonds is 5. The number of hydrogen-bond donors (Lipinski definition) is 0. The fraction of sp³-hybridized carbons (Fsp3) is 0.375. The van der Waals surface area contributed by atoms with Crippen LogP contribution in [0.2, 0.25) is 5.02 Å². The van der Waals surface area contributed by atoms with Crippen LogP contribution in [0.15, 0.2) is 43.5 Å². The Morgan fingerprint density at radius 1 is 1.24 bits per heavy atom. The van der Waals surface area contributed by atoms with Gasteiger partial charge in [-0.2, -0.15) is 14.9 Å². The Morgan fingerprint density at radius 3 is 2.76 bits per heavy atom. The third-order valence-corrected chi connectivity index (χ3v) is 4.41. The molecule has 0 radical (unpaired) electrons. The molecule has 0 amide bonds. The van der Waals surface area contributed by atoms with Gasteiger partial charge in [0.2, 0.25) is 0 Å². The third-order valence-electron chi connectivity index (χ3n) is 4.10. The van der Waals surface area contributed by atoms with Crippen molar-refractivity contribution in [3.05, 3.63) is 54.1 Å². The van der Waals surface area contributed by atoms with E-state index in [0.717, 1.165) is 18.5 Å². The highest BCUT2D eigenvalue weighted by molar-refractivity contribution is 6.31. The minimum Gasteiger partial charge on any atom is -0.325 e. The molecule has 9 heteroatoms. The van der Waals surface area contributed by atoms with Crippen molar-refractivity contribution in [1.82, 2.24) is 29.5 Å². The SMILES string of the molecule is CCC[C@@H]1CO[C@@](c2ccc(-n3cncn3)cc2Cl)(n2cncn2)O1. The summed E-state index contributed by atoms with van der Waals surface area (Å²) in [4.78, 5) is 7.97. The van der Waals surface area contributed by atoms with Gasteiger partial charge in [-0.1, -0.05) is 24.9 Å². The van der Waals surface area contributed by atoms with Crippen LogP contribution in [0.25, 0.3) is 5.69 Å². The maximum Gasteiger partial charge on any atom is 0.302 e. The van der Waals surface area contributed by atoms with E-state index in [1.807, 2.05) is 12.1 Å². The van der Waals surface area contributed by atoms with Gasteiger partial charge < -0.3 is 9.47 Å². The molecule has 1 saturated heterocycles. The number of hydrogen-bond acceptors (Lipinski definition) is 6. The van der Waals surface area contributed by atoms with E-state index in [-0.39, 0.29) is 6.10 Å².